The molecule has 1 aliphatic carbocycles. The van der Waals surface area contributed by atoms with Gasteiger partial charge in [-0.1, -0.05) is 25.7 Å². The molecule has 1 unspecified atom stereocenters. The van der Waals surface area contributed by atoms with E-state index >= 15 is 0 Å². The minimum atomic E-state index is 0.0144. The van der Waals surface area contributed by atoms with Crippen molar-refractivity contribution in [1.82, 2.24) is 0 Å². The Bertz CT molecular complexity index is 208. The normalized spacial score (nSPS) is 25.8. The molecule has 1 atom stereocenters. The number of hydrogen-bond donors (Lipinski definition) is 0. The van der Waals surface area contributed by atoms with E-state index in [0.29, 0.717) is 12.8 Å². The van der Waals surface area contributed by atoms with E-state index in [1.54, 1.807) is 6.92 Å². The third-order valence-corrected chi connectivity index (χ3v) is 3.06. The van der Waals surface area contributed by atoms with Crippen LogP contribution in [0.5, 0.6) is 0 Å². The second-order valence-electron chi connectivity index (χ2n) is 4.36. The number of carbonyl (C=O) groups excluding carboxylic acids is 2. The SMILES string of the molecule is CC(=O)C1CCCCCCCC(=O)C1. The van der Waals surface area contributed by atoms with Crippen LogP contribution in [0.2, 0.25) is 0 Å². The minimum absolute atomic E-state index is 0.0144. The van der Waals surface area contributed by atoms with Gasteiger partial charge in [0.2, 0.25) is 0 Å². The summed E-state index contributed by atoms with van der Waals surface area (Å²) in [4.78, 5) is 22.7. The van der Waals surface area contributed by atoms with Gasteiger partial charge in [-0.25, -0.2) is 0 Å². The first kappa shape index (κ1) is 11.4. The van der Waals surface area contributed by atoms with Gasteiger partial charge in [0.1, 0.15) is 11.6 Å². The fraction of sp³-hybridized carbons (Fsp3) is 0.833. The molecule has 0 saturated heterocycles. The fourth-order valence-electron chi connectivity index (χ4n) is 2.07. The Labute approximate surface area is 86.1 Å². The average Bonchev–Trinajstić information content (AvgIpc) is 2.15. The van der Waals surface area contributed by atoms with Crippen molar-refractivity contribution < 1.29 is 9.59 Å². The lowest BCUT2D eigenvalue weighted by Crippen LogP contribution is -2.16. The molecule has 2 nitrogen and oxygen atoms in total. The highest BCUT2D eigenvalue weighted by atomic mass is 16.1. The van der Waals surface area contributed by atoms with Crippen LogP contribution in [0.3, 0.4) is 0 Å². The summed E-state index contributed by atoms with van der Waals surface area (Å²) in [7, 11) is 0. The second kappa shape index (κ2) is 5.94. The van der Waals surface area contributed by atoms with Crippen LogP contribution in [-0.4, -0.2) is 11.6 Å². The number of carbonyl (C=O) groups is 2. The smallest absolute Gasteiger partial charge is 0.133 e. The van der Waals surface area contributed by atoms with Gasteiger partial charge in [-0.15, -0.1) is 0 Å². The molecular formula is C12H20O2. The summed E-state index contributed by atoms with van der Waals surface area (Å²) in [6.45, 7) is 1.61. The van der Waals surface area contributed by atoms with Crippen LogP contribution in [0.1, 0.15) is 58.3 Å². The molecule has 0 aliphatic heterocycles. The maximum Gasteiger partial charge on any atom is 0.133 e. The molecule has 1 rings (SSSR count). The lowest BCUT2D eigenvalue weighted by atomic mass is 9.89. The van der Waals surface area contributed by atoms with Crippen molar-refractivity contribution in [2.45, 2.75) is 58.3 Å². The first-order chi connectivity index (χ1) is 6.70. The number of ketones is 2. The van der Waals surface area contributed by atoms with Gasteiger partial charge in [-0.2, -0.15) is 0 Å². The van der Waals surface area contributed by atoms with E-state index in [4.69, 9.17) is 0 Å². The molecule has 0 amide bonds. The molecule has 0 spiro atoms. The molecule has 80 valence electrons. The Hall–Kier alpha value is -0.660. The second-order valence-corrected chi connectivity index (χ2v) is 4.36. The van der Waals surface area contributed by atoms with E-state index in [-0.39, 0.29) is 17.5 Å². The Balaban J connectivity index is 2.47. The number of hydrogen-bond acceptors (Lipinski definition) is 2. The maximum absolute atomic E-state index is 11.5. The van der Waals surface area contributed by atoms with Crippen LogP contribution in [-0.2, 0) is 9.59 Å². The highest BCUT2D eigenvalue weighted by Crippen LogP contribution is 2.20. The molecule has 14 heavy (non-hydrogen) atoms. The Morgan fingerprint density at radius 1 is 1.14 bits per heavy atom. The van der Waals surface area contributed by atoms with Crippen LogP contribution in [0.15, 0.2) is 0 Å². The molecule has 2 heteroatoms. The van der Waals surface area contributed by atoms with Gasteiger partial charge in [0.05, 0.1) is 0 Å². The standard InChI is InChI=1S/C12H20O2/c1-10(13)11-7-5-3-2-4-6-8-12(14)9-11/h11H,2-9H2,1H3. The summed E-state index contributed by atoms with van der Waals surface area (Å²) in [5.41, 5.74) is 0. The zero-order valence-corrected chi connectivity index (χ0v) is 9.05. The van der Waals surface area contributed by atoms with Gasteiger partial charge in [0, 0.05) is 18.8 Å². The van der Waals surface area contributed by atoms with Crippen molar-refractivity contribution in [1.29, 1.82) is 0 Å². The quantitative estimate of drug-likeness (QED) is 0.646. The number of rotatable bonds is 1. The van der Waals surface area contributed by atoms with Crippen molar-refractivity contribution in [3.63, 3.8) is 0 Å². The van der Waals surface area contributed by atoms with E-state index < -0.39 is 0 Å². The fourth-order valence-corrected chi connectivity index (χ4v) is 2.07. The van der Waals surface area contributed by atoms with Crippen molar-refractivity contribution in [2.75, 3.05) is 0 Å². The van der Waals surface area contributed by atoms with Gasteiger partial charge in [0.25, 0.3) is 0 Å². The summed E-state index contributed by atoms with van der Waals surface area (Å²) >= 11 is 0. The topological polar surface area (TPSA) is 34.1 Å². The summed E-state index contributed by atoms with van der Waals surface area (Å²) in [6, 6.07) is 0. The van der Waals surface area contributed by atoms with E-state index in [9.17, 15) is 9.59 Å². The molecule has 0 aromatic rings. The van der Waals surface area contributed by atoms with Gasteiger partial charge in [-0.3, -0.25) is 9.59 Å². The monoisotopic (exact) mass is 196 g/mol. The molecular weight excluding hydrogens is 176 g/mol. The molecule has 0 N–H and O–H groups in total. The third kappa shape index (κ3) is 4.03. The van der Waals surface area contributed by atoms with E-state index in [2.05, 4.69) is 0 Å². The largest absolute Gasteiger partial charge is 0.300 e. The van der Waals surface area contributed by atoms with Crippen LogP contribution in [0, 0.1) is 5.92 Å². The van der Waals surface area contributed by atoms with E-state index in [1.165, 1.54) is 19.3 Å². The minimum Gasteiger partial charge on any atom is -0.300 e. The molecule has 0 aromatic carbocycles. The summed E-state index contributed by atoms with van der Waals surface area (Å²) < 4.78 is 0. The van der Waals surface area contributed by atoms with Gasteiger partial charge in [-0.05, 0) is 19.8 Å². The summed E-state index contributed by atoms with van der Waals surface area (Å²) in [5.74, 6) is 0.492. The Morgan fingerprint density at radius 3 is 2.50 bits per heavy atom. The van der Waals surface area contributed by atoms with Gasteiger partial charge >= 0.3 is 0 Å². The van der Waals surface area contributed by atoms with Crippen LogP contribution in [0.25, 0.3) is 0 Å². The predicted octanol–water partition coefficient (Wildman–Crippen LogP) is 2.90. The highest BCUT2D eigenvalue weighted by molar-refractivity contribution is 5.86. The first-order valence-corrected chi connectivity index (χ1v) is 5.72. The van der Waals surface area contributed by atoms with Crippen molar-refractivity contribution in [2.24, 2.45) is 5.92 Å². The highest BCUT2D eigenvalue weighted by Gasteiger charge is 2.18. The van der Waals surface area contributed by atoms with E-state index in [1.807, 2.05) is 0 Å². The van der Waals surface area contributed by atoms with Crippen LogP contribution >= 0.6 is 0 Å². The average molecular weight is 196 g/mol. The first-order valence-electron chi connectivity index (χ1n) is 5.72. The molecule has 1 fully saturated rings. The van der Waals surface area contributed by atoms with E-state index in [0.717, 1.165) is 19.3 Å². The molecule has 0 bridgehead atoms. The maximum atomic E-state index is 11.5. The zero-order chi connectivity index (χ0) is 10.4. The lowest BCUT2D eigenvalue weighted by Gasteiger charge is -2.14. The molecule has 1 saturated carbocycles. The van der Waals surface area contributed by atoms with Gasteiger partial charge in [0.15, 0.2) is 0 Å². The number of Topliss-reactive ketones (excluding diaryl/α,β-unsaturated/α-hetero) is 2. The molecule has 0 heterocycles. The van der Waals surface area contributed by atoms with Gasteiger partial charge < -0.3 is 0 Å². The van der Waals surface area contributed by atoms with Crippen molar-refractivity contribution in [3.05, 3.63) is 0 Å². The summed E-state index contributed by atoms with van der Waals surface area (Å²) in [5, 5.41) is 0. The Kier molecular flexibility index (Phi) is 4.85. The Morgan fingerprint density at radius 2 is 1.79 bits per heavy atom. The third-order valence-electron chi connectivity index (χ3n) is 3.06. The van der Waals surface area contributed by atoms with Crippen molar-refractivity contribution >= 4 is 11.6 Å². The lowest BCUT2D eigenvalue weighted by molar-refractivity contribution is -0.127. The molecule has 0 radical (unpaired) electrons. The van der Waals surface area contributed by atoms with Crippen LogP contribution in [0.4, 0.5) is 0 Å². The summed E-state index contributed by atoms with van der Waals surface area (Å²) in [6.07, 6.45) is 7.84. The zero-order valence-electron chi connectivity index (χ0n) is 9.05. The molecule has 1 aliphatic rings. The van der Waals surface area contributed by atoms with Crippen LogP contribution < -0.4 is 0 Å². The van der Waals surface area contributed by atoms with Crippen molar-refractivity contribution in [3.8, 4) is 0 Å². The molecule has 0 aromatic heterocycles. The predicted molar refractivity (Wildman–Crippen MR) is 56.1 cm³/mol.